The number of amides is 1. The largest absolute Gasteiger partial charge is 0.493 e. The molecule has 24 heavy (non-hydrogen) atoms. The Labute approximate surface area is 141 Å². The van der Waals surface area contributed by atoms with Crippen LogP contribution in [0.2, 0.25) is 0 Å². The van der Waals surface area contributed by atoms with Gasteiger partial charge in [-0.2, -0.15) is 0 Å². The second-order valence-electron chi connectivity index (χ2n) is 6.15. The Morgan fingerprint density at radius 2 is 1.96 bits per heavy atom. The first-order chi connectivity index (χ1) is 11.7. The Kier molecular flexibility index (Phi) is 5.41. The highest BCUT2D eigenvalue weighted by Gasteiger charge is 2.24. The lowest BCUT2D eigenvalue weighted by atomic mass is 9.98. The Balaban J connectivity index is 1.51. The predicted molar refractivity (Wildman–Crippen MR) is 89.1 cm³/mol. The van der Waals surface area contributed by atoms with Crippen LogP contribution in [0.5, 0.6) is 5.75 Å². The van der Waals surface area contributed by atoms with E-state index in [0.717, 1.165) is 30.7 Å². The van der Waals surface area contributed by atoms with Gasteiger partial charge in [0.1, 0.15) is 11.6 Å². The summed E-state index contributed by atoms with van der Waals surface area (Å²) in [7, 11) is 0. The summed E-state index contributed by atoms with van der Waals surface area (Å²) >= 11 is 0. The number of rotatable bonds is 5. The molecule has 0 bridgehead atoms. The van der Waals surface area contributed by atoms with Crippen molar-refractivity contribution < 1.29 is 13.9 Å². The summed E-state index contributed by atoms with van der Waals surface area (Å²) in [6.45, 7) is 2.10. The molecule has 1 atom stereocenters. The van der Waals surface area contributed by atoms with Gasteiger partial charge in [0.05, 0.1) is 13.0 Å². The van der Waals surface area contributed by atoms with Crippen LogP contribution in [-0.2, 0) is 11.2 Å². The first-order valence-electron chi connectivity index (χ1n) is 8.26. The van der Waals surface area contributed by atoms with Gasteiger partial charge in [-0.25, -0.2) is 4.39 Å². The number of halogens is 1. The summed E-state index contributed by atoms with van der Waals surface area (Å²) in [6, 6.07) is 9.79. The molecule has 0 saturated carbocycles. The van der Waals surface area contributed by atoms with Crippen LogP contribution in [0.1, 0.15) is 18.4 Å². The number of aromatic nitrogens is 1. The van der Waals surface area contributed by atoms with Crippen molar-refractivity contribution >= 4 is 5.91 Å². The summed E-state index contributed by atoms with van der Waals surface area (Å²) in [5.74, 6) is 0.955. The van der Waals surface area contributed by atoms with Crippen LogP contribution < -0.4 is 4.74 Å². The van der Waals surface area contributed by atoms with Crippen molar-refractivity contribution in [2.24, 2.45) is 5.92 Å². The topological polar surface area (TPSA) is 42.4 Å². The number of carbonyl (C=O) groups is 1. The molecule has 126 valence electrons. The zero-order valence-corrected chi connectivity index (χ0v) is 13.5. The molecule has 1 fully saturated rings. The van der Waals surface area contributed by atoms with Gasteiger partial charge in [0.2, 0.25) is 5.91 Å². The normalized spacial score (nSPS) is 17.5. The average molecular weight is 328 g/mol. The van der Waals surface area contributed by atoms with E-state index in [2.05, 4.69) is 4.98 Å². The van der Waals surface area contributed by atoms with Crippen molar-refractivity contribution in [3.63, 3.8) is 0 Å². The fourth-order valence-electron chi connectivity index (χ4n) is 2.96. The lowest BCUT2D eigenvalue weighted by Gasteiger charge is -2.32. The Morgan fingerprint density at radius 1 is 1.21 bits per heavy atom. The minimum atomic E-state index is -0.280. The molecule has 2 aromatic rings. The van der Waals surface area contributed by atoms with Crippen molar-refractivity contribution in [1.29, 1.82) is 0 Å². The third-order valence-electron chi connectivity index (χ3n) is 4.28. The molecular weight excluding hydrogens is 307 g/mol. The molecule has 0 radical (unpaired) electrons. The van der Waals surface area contributed by atoms with Gasteiger partial charge in [-0.15, -0.1) is 0 Å². The molecule has 1 saturated heterocycles. The van der Waals surface area contributed by atoms with Gasteiger partial charge < -0.3 is 9.64 Å². The van der Waals surface area contributed by atoms with Crippen LogP contribution in [0, 0.1) is 11.7 Å². The standard InChI is InChI=1S/C19H21FN2O2/c20-17-5-3-15(4-6-17)12-19(23)22-11-1-2-16(13-22)14-24-18-7-9-21-10-8-18/h3-10,16H,1-2,11-14H2. The van der Waals surface area contributed by atoms with E-state index >= 15 is 0 Å². The second kappa shape index (κ2) is 7.90. The van der Waals surface area contributed by atoms with E-state index in [-0.39, 0.29) is 11.7 Å². The van der Waals surface area contributed by atoms with Crippen molar-refractivity contribution in [2.75, 3.05) is 19.7 Å². The maximum atomic E-state index is 12.9. The molecule has 2 heterocycles. The van der Waals surface area contributed by atoms with Gasteiger partial charge in [0, 0.05) is 31.4 Å². The second-order valence-corrected chi connectivity index (χ2v) is 6.15. The number of piperidine rings is 1. The third kappa shape index (κ3) is 4.54. The lowest BCUT2D eigenvalue weighted by molar-refractivity contribution is -0.132. The first kappa shape index (κ1) is 16.4. The number of pyridine rings is 1. The maximum absolute atomic E-state index is 12.9. The minimum absolute atomic E-state index is 0.0928. The van der Waals surface area contributed by atoms with Crippen LogP contribution in [-0.4, -0.2) is 35.5 Å². The van der Waals surface area contributed by atoms with Crippen LogP contribution in [0.3, 0.4) is 0 Å². The highest BCUT2D eigenvalue weighted by atomic mass is 19.1. The Bertz CT molecular complexity index is 661. The summed E-state index contributed by atoms with van der Waals surface area (Å²) in [5.41, 5.74) is 0.844. The van der Waals surface area contributed by atoms with Crippen molar-refractivity contribution in [2.45, 2.75) is 19.3 Å². The van der Waals surface area contributed by atoms with Gasteiger partial charge in [-0.3, -0.25) is 9.78 Å². The number of ether oxygens (including phenoxy) is 1. The van der Waals surface area contributed by atoms with E-state index < -0.39 is 0 Å². The summed E-state index contributed by atoms with van der Waals surface area (Å²) in [6.07, 6.45) is 5.77. The van der Waals surface area contributed by atoms with Crippen LogP contribution in [0.4, 0.5) is 4.39 Å². The Hall–Kier alpha value is -2.43. The predicted octanol–water partition coefficient (Wildman–Crippen LogP) is 3.08. The van der Waals surface area contributed by atoms with Crippen molar-refractivity contribution in [3.05, 3.63) is 60.2 Å². The Morgan fingerprint density at radius 3 is 2.71 bits per heavy atom. The summed E-state index contributed by atoms with van der Waals surface area (Å²) < 4.78 is 18.7. The van der Waals surface area contributed by atoms with Gasteiger partial charge >= 0.3 is 0 Å². The molecule has 5 heteroatoms. The molecule has 1 aliphatic heterocycles. The number of benzene rings is 1. The van der Waals surface area contributed by atoms with Crippen molar-refractivity contribution in [1.82, 2.24) is 9.88 Å². The van der Waals surface area contributed by atoms with Crippen LogP contribution in [0.25, 0.3) is 0 Å². The molecule has 0 aliphatic carbocycles. The molecule has 0 N–H and O–H groups in total. The third-order valence-corrected chi connectivity index (χ3v) is 4.28. The van der Waals surface area contributed by atoms with E-state index in [4.69, 9.17) is 4.74 Å². The van der Waals surface area contributed by atoms with Crippen molar-refractivity contribution in [3.8, 4) is 5.75 Å². The number of nitrogens with zero attached hydrogens (tertiary/aromatic N) is 2. The molecule has 1 amide bonds. The fraction of sp³-hybridized carbons (Fsp3) is 0.368. The summed E-state index contributed by atoms with van der Waals surface area (Å²) in [4.78, 5) is 18.3. The van der Waals surface area contributed by atoms with E-state index in [1.165, 1.54) is 12.1 Å². The van der Waals surface area contributed by atoms with Crippen LogP contribution in [0.15, 0.2) is 48.8 Å². The summed E-state index contributed by atoms with van der Waals surface area (Å²) in [5, 5.41) is 0. The van der Waals surface area contributed by atoms with E-state index in [1.54, 1.807) is 24.5 Å². The maximum Gasteiger partial charge on any atom is 0.227 e. The minimum Gasteiger partial charge on any atom is -0.493 e. The molecule has 1 aromatic carbocycles. The number of hydrogen-bond acceptors (Lipinski definition) is 3. The van der Waals surface area contributed by atoms with E-state index in [0.29, 0.717) is 25.5 Å². The van der Waals surface area contributed by atoms with E-state index in [1.807, 2.05) is 17.0 Å². The molecule has 3 rings (SSSR count). The SMILES string of the molecule is O=C(Cc1ccc(F)cc1)N1CCCC(COc2ccncc2)C1. The molecular formula is C19H21FN2O2. The van der Waals surface area contributed by atoms with Gasteiger partial charge in [0.25, 0.3) is 0 Å². The van der Waals surface area contributed by atoms with Gasteiger partial charge in [0.15, 0.2) is 0 Å². The van der Waals surface area contributed by atoms with Gasteiger partial charge in [-0.1, -0.05) is 12.1 Å². The zero-order valence-electron chi connectivity index (χ0n) is 13.5. The quantitative estimate of drug-likeness (QED) is 0.847. The highest BCUT2D eigenvalue weighted by Crippen LogP contribution is 2.19. The molecule has 1 aliphatic rings. The fourth-order valence-corrected chi connectivity index (χ4v) is 2.96. The molecule has 0 spiro atoms. The monoisotopic (exact) mass is 328 g/mol. The van der Waals surface area contributed by atoms with Gasteiger partial charge in [-0.05, 0) is 42.7 Å². The highest BCUT2D eigenvalue weighted by molar-refractivity contribution is 5.78. The molecule has 4 nitrogen and oxygen atoms in total. The first-order valence-corrected chi connectivity index (χ1v) is 8.26. The van der Waals surface area contributed by atoms with Crippen LogP contribution >= 0.6 is 0 Å². The number of carbonyl (C=O) groups excluding carboxylic acids is 1. The molecule has 1 aromatic heterocycles. The molecule has 1 unspecified atom stereocenters. The average Bonchev–Trinajstić information content (AvgIpc) is 2.63. The number of likely N-dealkylation sites (tertiary alicyclic amines) is 1. The smallest absolute Gasteiger partial charge is 0.227 e. The lowest BCUT2D eigenvalue weighted by Crippen LogP contribution is -2.42. The zero-order chi connectivity index (χ0) is 16.8. The van der Waals surface area contributed by atoms with E-state index in [9.17, 15) is 9.18 Å². The number of hydrogen-bond donors (Lipinski definition) is 0.